The molecule has 0 saturated carbocycles. The predicted octanol–water partition coefficient (Wildman–Crippen LogP) is 3.58. The number of urea groups is 1. The first-order valence-electron chi connectivity index (χ1n) is 8.62. The number of carbonyl (C=O) groups excluding carboxylic acids is 2. The van der Waals surface area contributed by atoms with Crippen molar-refractivity contribution in [3.8, 4) is 0 Å². The maximum atomic E-state index is 13.2. The molecule has 2 rings (SSSR count). The van der Waals surface area contributed by atoms with Crippen molar-refractivity contribution < 1.29 is 14.0 Å². The van der Waals surface area contributed by atoms with E-state index in [0.29, 0.717) is 0 Å². The van der Waals surface area contributed by atoms with Crippen LogP contribution in [0.3, 0.4) is 0 Å². The average molecular weight is 377 g/mol. The summed E-state index contributed by atoms with van der Waals surface area (Å²) < 4.78 is 13.2. The number of carbonyl (C=O) groups is 2. The van der Waals surface area contributed by atoms with Gasteiger partial charge in [0, 0.05) is 23.9 Å². The fraction of sp³-hybridized carbons (Fsp3) is 0.368. The molecule has 0 radical (unpaired) electrons. The van der Waals surface area contributed by atoms with Gasteiger partial charge in [-0.15, -0.1) is 11.3 Å². The van der Waals surface area contributed by atoms with Gasteiger partial charge in [-0.05, 0) is 42.5 Å². The molecule has 0 bridgehead atoms. The number of hydrogen-bond donors (Lipinski definition) is 3. The third-order valence-electron chi connectivity index (χ3n) is 3.96. The van der Waals surface area contributed by atoms with Crippen LogP contribution in [-0.2, 0) is 4.79 Å². The zero-order valence-electron chi connectivity index (χ0n) is 14.9. The Morgan fingerprint density at radius 3 is 2.50 bits per heavy atom. The molecule has 2 atom stereocenters. The predicted molar refractivity (Wildman–Crippen MR) is 102 cm³/mol. The van der Waals surface area contributed by atoms with Gasteiger partial charge >= 0.3 is 6.03 Å². The molecule has 1 heterocycles. The van der Waals surface area contributed by atoms with Crippen molar-refractivity contribution >= 4 is 23.3 Å². The number of thiophene rings is 1. The minimum atomic E-state index is -0.371. The highest BCUT2D eigenvalue weighted by Gasteiger charge is 2.18. The zero-order valence-corrected chi connectivity index (χ0v) is 15.7. The maximum absolute atomic E-state index is 13.2. The molecule has 0 spiro atoms. The second-order valence-electron chi connectivity index (χ2n) is 6.03. The fourth-order valence-corrected chi connectivity index (χ4v) is 3.15. The number of halogens is 1. The van der Waals surface area contributed by atoms with E-state index in [1.54, 1.807) is 12.1 Å². The SMILES string of the molecule is CCC(C)NC(=O)CCNC(=O)NC(c1ccc(F)cc1)c1cccs1. The van der Waals surface area contributed by atoms with Crippen LogP contribution in [0.5, 0.6) is 0 Å². The molecule has 0 fully saturated rings. The van der Waals surface area contributed by atoms with Crippen LogP contribution in [-0.4, -0.2) is 24.5 Å². The van der Waals surface area contributed by atoms with Gasteiger partial charge in [0.25, 0.3) is 0 Å². The van der Waals surface area contributed by atoms with Crippen LogP contribution in [0.2, 0.25) is 0 Å². The Bertz CT molecular complexity index is 704. The molecular weight excluding hydrogens is 353 g/mol. The van der Waals surface area contributed by atoms with Gasteiger partial charge in [-0.25, -0.2) is 9.18 Å². The number of amides is 3. The van der Waals surface area contributed by atoms with Gasteiger partial charge in [-0.3, -0.25) is 4.79 Å². The normalized spacial score (nSPS) is 12.9. The van der Waals surface area contributed by atoms with Gasteiger partial charge in [0.15, 0.2) is 0 Å². The lowest BCUT2D eigenvalue weighted by Crippen LogP contribution is -2.40. The summed E-state index contributed by atoms with van der Waals surface area (Å²) >= 11 is 1.51. The molecule has 7 heteroatoms. The first kappa shape index (κ1) is 19.9. The quantitative estimate of drug-likeness (QED) is 0.658. The minimum absolute atomic E-state index is 0.0898. The number of nitrogens with one attached hydrogen (secondary N) is 3. The summed E-state index contributed by atoms with van der Waals surface area (Å²) in [4.78, 5) is 24.9. The molecule has 0 aliphatic rings. The Morgan fingerprint density at radius 2 is 1.88 bits per heavy atom. The Hall–Kier alpha value is -2.41. The summed E-state index contributed by atoms with van der Waals surface area (Å²) in [6.45, 7) is 4.18. The van der Waals surface area contributed by atoms with Crippen LogP contribution < -0.4 is 16.0 Å². The van der Waals surface area contributed by atoms with Gasteiger partial charge < -0.3 is 16.0 Å². The van der Waals surface area contributed by atoms with Gasteiger partial charge in [-0.1, -0.05) is 25.1 Å². The Balaban J connectivity index is 1.91. The molecule has 2 aromatic rings. The number of hydrogen-bond acceptors (Lipinski definition) is 3. The summed E-state index contributed by atoms with van der Waals surface area (Å²) in [6.07, 6.45) is 1.08. The van der Waals surface area contributed by atoms with Crippen molar-refractivity contribution in [3.63, 3.8) is 0 Å². The molecule has 26 heavy (non-hydrogen) atoms. The van der Waals surface area contributed by atoms with Gasteiger partial charge in [0.05, 0.1) is 6.04 Å². The summed E-state index contributed by atoms with van der Waals surface area (Å²) in [5, 5.41) is 10.4. The van der Waals surface area contributed by atoms with E-state index >= 15 is 0 Å². The third-order valence-corrected chi connectivity index (χ3v) is 4.90. The summed E-state index contributed by atoms with van der Waals surface area (Å²) in [7, 11) is 0. The smallest absolute Gasteiger partial charge is 0.315 e. The van der Waals surface area contributed by atoms with E-state index in [2.05, 4.69) is 16.0 Å². The van der Waals surface area contributed by atoms with Crippen molar-refractivity contribution in [1.29, 1.82) is 0 Å². The maximum Gasteiger partial charge on any atom is 0.315 e. The van der Waals surface area contributed by atoms with Crippen molar-refractivity contribution in [2.75, 3.05) is 6.54 Å². The van der Waals surface area contributed by atoms with Crippen LogP contribution in [0.25, 0.3) is 0 Å². The average Bonchev–Trinajstić information content (AvgIpc) is 3.14. The van der Waals surface area contributed by atoms with Gasteiger partial charge in [-0.2, -0.15) is 0 Å². The molecule has 2 unspecified atom stereocenters. The summed E-state index contributed by atoms with van der Waals surface area (Å²) in [5.41, 5.74) is 0.790. The zero-order chi connectivity index (χ0) is 18.9. The molecule has 5 nitrogen and oxygen atoms in total. The third kappa shape index (κ3) is 6.15. The first-order chi connectivity index (χ1) is 12.5. The van der Waals surface area contributed by atoms with Crippen LogP contribution in [0.15, 0.2) is 41.8 Å². The highest BCUT2D eigenvalue weighted by Crippen LogP contribution is 2.26. The minimum Gasteiger partial charge on any atom is -0.354 e. The fourth-order valence-electron chi connectivity index (χ4n) is 2.35. The Labute approximate surface area is 157 Å². The van der Waals surface area contributed by atoms with Gasteiger partial charge in [0.1, 0.15) is 5.82 Å². The molecule has 0 aliphatic carbocycles. The van der Waals surface area contributed by atoms with Crippen molar-refractivity contribution in [3.05, 3.63) is 58.0 Å². The topological polar surface area (TPSA) is 70.2 Å². The van der Waals surface area contributed by atoms with Crippen molar-refractivity contribution in [2.45, 2.75) is 38.8 Å². The molecule has 0 aliphatic heterocycles. The summed E-state index contributed by atoms with van der Waals surface area (Å²) in [6, 6.07) is 9.24. The highest BCUT2D eigenvalue weighted by molar-refractivity contribution is 7.10. The standard InChI is InChI=1S/C19H24FN3O2S/c1-3-13(2)22-17(24)10-11-21-19(25)23-18(16-5-4-12-26-16)14-6-8-15(20)9-7-14/h4-9,12-13,18H,3,10-11H2,1-2H3,(H,22,24)(H2,21,23,25). The molecular formula is C19H24FN3O2S. The van der Waals surface area contributed by atoms with E-state index in [1.165, 1.54) is 23.5 Å². The van der Waals surface area contributed by atoms with Crippen molar-refractivity contribution in [2.24, 2.45) is 0 Å². The van der Waals surface area contributed by atoms with Gasteiger partial charge in [0.2, 0.25) is 5.91 Å². The second kappa shape index (κ2) is 9.91. The van der Waals surface area contributed by atoms with E-state index in [1.807, 2.05) is 31.4 Å². The molecule has 1 aromatic heterocycles. The Morgan fingerprint density at radius 1 is 1.15 bits per heavy atom. The van der Waals surface area contributed by atoms with Crippen LogP contribution in [0.1, 0.15) is 43.2 Å². The molecule has 3 amide bonds. The number of benzene rings is 1. The van der Waals surface area contributed by atoms with Crippen LogP contribution in [0, 0.1) is 5.82 Å². The lowest BCUT2D eigenvalue weighted by molar-refractivity contribution is -0.121. The number of rotatable bonds is 8. The van der Waals surface area contributed by atoms with E-state index in [0.717, 1.165) is 16.9 Å². The summed E-state index contributed by atoms with van der Waals surface area (Å²) in [5.74, 6) is -0.413. The monoisotopic (exact) mass is 377 g/mol. The van der Waals surface area contributed by atoms with Crippen LogP contribution >= 0.6 is 11.3 Å². The molecule has 140 valence electrons. The largest absolute Gasteiger partial charge is 0.354 e. The van der Waals surface area contributed by atoms with E-state index < -0.39 is 0 Å². The lowest BCUT2D eigenvalue weighted by Gasteiger charge is -2.19. The first-order valence-corrected chi connectivity index (χ1v) is 9.50. The van der Waals surface area contributed by atoms with E-state index in [-0.39, 0.29) is 42.8 Å². The van der Waals surface area contributed by atoms with Crippen molar-refractivity contribution in [1.82, 2.24) is 16.0 Å². The molecule has 1 aromatic carbocycles. The highest BCUT2D eigenvalue weighted by atomic mass is 32.1. The van der Waals surface area contributed by atoms with Crippen LogP contribution in [0.4, 0.5) is 9.18 Å². The molecule has 0 saturated heterocycles. The second-order valence-corrected chi connectivity index (χ2v) is 7.01. The van der Waals surface area contributed by atoms with E-state index in [9.17, 15) is 14.0 Å². The lowest BCUT2D eigenvalue weighted by atomic mass is 10.1. The van der Waals surface area contributed by atoms with E-state index in [4.69, 9.17) is 0 Å². The molecule has 3 N–H and O–H groups in total. The Kier molecular flexibility index (Phi) is 7.59.